The lowest BCUT2D eigenvalue weighted by Gasteiger charge is -2.54. The van der Waals surface area contributed by atoms with Crippen molar-refractivity contribution in [3.05, 3.63) is 11.3 Å². The average Bonchev–Trinajstić information content (AvgIpc) is 3.20. The van der Waals surface area contributed by atoms with Crippen molar-refractivity contribution >= 4 is 17.7 Å². The summed E-state index contributed by atoms with van der Waals surface area (Å²) in [7, 11) is 0. The number of carboxylic acid groups (broad SMARTS) is 1. The molecule has 28 heavy (non-hydrogen) atoms. The first-order valence-corrected chi connectivity index (χ1v) is 10.4. The first kappa shape index (κ1) is 18.1. The summed E-state index contributed by atoms with van der Waals surface area (Å²) in [4.78, 5) is 24.4. The van der Waals surface area contributed by atoms with Crippen molar-refractivity contribution in [3.63, 3.8) is 0 Å². The molecule has 8 heteroatoms. The number of aliphatic carboxylic acids is 1. The van der Waals surface area contributed by atoms with Gasteiger partial charge in [-0.2, -0.15) is 13.8 Å². The van der Waals surface area contributed by atoms with E-state index in [9.17, 15) is 13.6 Å². The van der Waals surface area contributed by atoms with Gasteiger partial charge in [0.15, 0.2) is 0 Å². The number of carboxylic acids is 1. The van der Waals surface area contributed by atoms with Crippen LogP contribution in [0.25, 0.3) is 0 Å². The molecule has 1 aromatic heterocycles. The van der Waals surface area contributed by atoms with Gasteiger partial charge in [-0.25, -0.2) is 4.98 Å². The van der Waals surface area contributed by atoms with Crippen LogP contribution in [0.1, 0.15) is 49.8 Å². The first-order valence-electron chi connectivity index (χ1n) is 10.4. The molecule has 4 fully saturated rings. The van der Waals surface area contributed by atoms with Crippen LogP contribution in [-0.2, 0) is 17.1 Å². The second-order valence-corrected chi connectivity index (χ2v) is 8.85. The lowest BCUT2D eigenvalue weighted by atomic mass is 9.60. The monoisotopic (exact) mass is 392 g/mol. The standard InChI is InChI=1S/C20H26F2N4O2/c21-20(22)5-3-4-14-17(20)23-19(25-6-1-2-7-25)24-18(14)26-10-12-8-13(11-26)15(12)9-16(27)28/h12-13,15H,1-11H2,(H,27,28)/t12-,13+,15-. The zero-order valence-electron chi connectivity index (χ0n) is 15.9. The quantitative estimate of drug-likeness (QED) is 0.849. The van der Waals surface area contributed by atoms with Crippen LogP contribution in [-0.4, -0.2) is 47.2 Å². The van der Waals surface area contributed by atoms with E-state index in [0.717, 1.165) is 32.4 Å². The summed E-state index contributed by atoms with van der Waals surface area (Å²) in [6.45, 7) is 3.05. The SMILES string of the molecule is O=C(O)C[C@@H]1[C@@H]2C[C@H]1CN(c1nc(N3CCCC3)nc3c1CCCC3(F)F)C2. The van der Waals surface area contributed by atoms with Crippen LogP contribution in [0.4, 0.5) is 20.5 Å². The third-order valence-corrected chi connectivity index (χ3v) is 7.06. The number of halogens is 2. The van der Waals surface area contributed by atoms with E-state index < -0.39 is 11.9 Å². The summed E-state index contributed by atoms with van der Waals surface area (Å²) in [5.41, 5.74) is 0.530. The highest BCUT2D eigenvalue weighted by Crippen LogP contribution is 2.50. The summed E-state index contributed by atoms with van der Waals surface area (Å²) in [5, 5.41) is 9.14. The third-order valence-electron chi connectivity index (χ3n) is 7.06. The van der Waals surface area contributed by atoms with Crippen LogP contribution < -0.4 is 9.80 Å². The van der Waals surface area contributed by atoms with Crippen LogP contribution in [0.5, 0.6) is 0 Å². The Morgan fingerprint density at radius 1 is 1.11 bits per heavy atom. The van der Waals surface area contributed by atoms with Gasteiger partial charge in [0.1, 0.15) is 11.5 Å². The molecule has 0 radical (unpaired) electrons. The number of hydrogen-bond donors (Lipinski definition) is 1. The van der Waals surface area contributed by atoms with Crippen molar-refractivity contribution in [2.45, 2.75) is 50.9 Å². The topological polar surface area (TPSA) is 69.6 Å². The molecule has 1 N–H and O–H groups in total. The maximum Gasteiger partial charge on any atom is 0.303 e. The molecule has 0 aromatic carbocycles. The number of rotatable bonds is 4. The third kappa shape index (κ3) is 2.92. The number of alkyl halides is 2. The van der Waals surface area contributed by atoms with Crippen LogP contribution in [0, 0.1) is 17.8 Å². The summed E-state index contributed by atoms with van der Waals surface area (Å²) in [5.74, 6) is -1.68. The van der Waals surface area contributed by atoms with Crippen LogP contribution in [0.2, 0.25) is 0 Å². The van der Waals surface area contributed by atoms with Crippen molar-refractivity contribution in [1.82, 2.24) is 9.97 Å². The minimum absolute atomic E-state index is 0.0769. The Labute approximate surface area is 162 Å². The van der Waals surface area contributed by atoms with Crippen molar-refractivity contribution < 1.29 is 18.7 Å². The van der Waals surface area contributed by atoms with Crippen LogP contribution >= 0.6 is 0 Å². The second kappa shape index (κ2) is 6.52. The van der Waals surface area contributed by atoms with Gasteiger partial charge in [-0.15, -0.1) is 0 Å². The van der Waals surface area contributed by atoms with Gasteiger partial charge in [0.25, 0.3) is 5.92 Å². The summed E-state index contributed by atoms with van der Waals surface area (Å²) >= 11 is 0. The predicted octanol–water partition coefficient (Wildman–Crippen LogP) is 3.05. The molecule has 3 saturated heterocycles. The number of aromatic nitrogens is 2. The van der Waals surface area contributed by atoms with Gasteiger partial charge in [0.05, 0.1) is 0 Å². The Morgan fingerprint density at radius 2 is 1.82 bits per heavy atom. The molecule has 4 heterocycles. The van der Waals surface area contributed by atoms with Crippen molar-refractivity contribution in [2.24, 2.45) is 17.8 Å². The Hall–Kier alpha value is -1.99. The van der Waals surface area contributed by atoms with Gasteiger partial charge in [-0.1, -0.05) is 0 Å². The minimum atomic E-state index is -2.90. The lowest BCUT2D eigenvalue weighted by Crippen LogP contribution is -2.56. The van der Waals surface area contributed by atoms with Gasteiger partial charge >= 0.3 is 5.97 Å². The van der Waals surface area contributed by atoms with E-state index in [-0.39, 0.29) is 24.5 Å². The highest BCUT2D eigenvalue weighted by Gasteiger charge is 2.49. The predicted molar refractivity (Wildman–Crippen MR) is 99.9 cm³/mol. The molecule has 1 saturated carbocycles. The van der Waals surface area contributed by atoms with Gasteiger partial charge in [-0.3, -0.25) is 4.79 Å². The van der Waals surface area contributed by atoms with Crippen molar-refractivity contribution in [2.75, 3.05) is 36.0 Å². The number of nitrogens with zero attached hydrogens (tertiary/aromatic N) is 4. The molecule has 5 aliphatic rings. The Kier molecular flexibility index (Phi) is 4.21. The second-order valence-electron chi connectivity index (χ2n) is 8.85. The van der Waals surface area contributed by atoms with Gasteiger partial charge in [0, 0.05) is 44.6 Å². The molecular weight excluding hydrogens is 366 g/mol. The Morgan fingerprint density at radius 3 is 2.50 bits per heavy atom. The summed E-state index contributed by atoms with van der Waals surface area (Å²) < 4.78 is 29.4. The molecule has 152 valence electrons. The Balaban J connectivity index is 1.49. The minimum Gasteiger partial charge on any atom is -0.481 e. The molecule has 1 aromatic rings. The normalized spacial score (nSPS) is 30.7. The number of anilines is 2. The van der Waals surface area contributed by atoms with Crippen molar-refractivity contribution in [3.8, 4) is 0 Å². The first-order chi connectivity index (χ1) is 13.4. The van der Waals surface area contributed by atoms with E-state index in [1.165, 1.54) is 0 Å². The lowest BCUT2D eigenvalue weighted by molar-refractivity contribution is -0.141. The molecular formula is C20H26F2N4O2. The number of piperidine rings is 2. The highest BCUT2D eigenvalue weighted by molar-refractivity contribution is 5.67. The van der Waals surface area contributed by atoms with Crippen molar-refractivity contribution in [1.29, 1.82) is 0 Å². The smallest absolute Gasteiger partial charge is 0.303 e. The fraction of sp³-hybridized carbons (Fsp3) is 0.750. The molecule has 2 bridgehead atoms. The van der Waals surface area contributed by atoms with E-state index in [1.807, 2.05) is 4.90 Å². The van der Waals surface area contributed by atoms with E-state index in [2.05, 4.69) is 9.88 Å². The number of carbonyl (C=O) groups is 1. The molecule has 3 aliphatic heterocycles. The molecule has 2 aliphatic carbocycles. The molecule has 0 amide bonds. The van der Waals surface area contributed by atoms with Gasteiger partial charge in [-0.05, 0) is 49.9 Å². The number of hydrogen-bond acceptors (Lipinski definition) is 5. The summed E-state index contributed by atoms with van der Waals surface area (Å²) in [6.07, 6.45) is 4.21. The molecule has 3 atom stereocenters. The summed E-state index contributed by atoms with van der Waals surface area (Å²) in [6, 6.07) is 0. The molecule has 0 unspecified atom stereocenters. The van der Waals surface area contributed by atoms with Crippen LogP contribution in [0.3, 0.4) is 0 Å². The molecule has 6 rings (SSSR count). The molecule has 6 nitrogen and oxygen atoms in total. The Bertz CT molecular complexity index is 785. The van der Waals surface area contributed by atoms with Gasteiger partial charge < -0.3 is 14.9 Å². The zero-order valence-corrected chi connectivity index (χ0v) is 15.9. The zero-order chi connectivity index (χ0) is 19.5. The van der Waals surface area contributed by atoms with Gasteiger partial charge in [0.2, 0.25) is 5.95 Å². The largest absolute Gasteiger partial charge is 0.481 e. The molecule has 0 spiro atoms. The van der Waals surface area contributed by atoms with E-state index >= 15 is 0 Å². The van der Waals surface area contributed by atoms with E-state index in [0.29, 0.717) is 55.1 Å². The maximum absolute atomic E-state index is 14.7. The highest BCUT2D eigenvalue weighted by atomic mass is 19.3. The average molecular weight is 392 g/mol. The maximum atomic E-state index is 14.7. The van der Waals surface area contributed by atoms with E-state index in [4.69, 9.17) is 10.1 Å². The fourth-order valence-electron chi connectivity index (χ4n) is 5.61. The number of fused-ring (bicyclic) bond motifs is 3. The van der Waals surface area contributed by atoms with E-state index in [1.54, 1.807) is 0 Å². The fourth-order valence-corrected chi connectivity index (χ4v) is 5.61. The van der Waals surface area contributed by atoms with Crippen LogP contribution in [0.15, 0.2) is 0 Å².